The molecule has 0 heterocycles. The molecule has 0 N–H and O–H groups in total. The molecule has 11 fully saturated rings. The van der Waals surface area contributed by atoms with Crippen LogP contribution in [0, 0.1) is 68.5 Å². The predicted octanol–water partition coefficient (Wildman–Crippen LogP) is 2.54. The first-order valence-corrected chi connectivity index (χ1v) is 7.91. The lowest BCUT2D eigenvalue weighted by Crippen LogP contribution is -3.43. The van der Waals surface area contributed by atoms with E-state index in [1.807, 2.05) is 0 Å². The van der Waals surface area contributed by atoms with E-state index in [0.29, 0.717) is 0 Å². The van der Waals surface area contributed by atoms with Gasteiger partial charge in [-0.05, 0) is 74.9 Å². The van der Waals surface area contributed by atoms with Gasteiger partial charge < -0.3 is 0 Å². The summed E-state index contributed by atoms with van der Waals surface area (Å²) in [4.78, 5) is 0. The topological polar surface area (TPSA) is 0 Å². The molecule has 6 atom stereocenters. The summed E-state index contributed by atoms with van der Waals surface area (Å²) >= 11 is 0. The molecule has 11 rings (SSSR count). The molecule has 6 unspecified atom stereocenters. The van der Waals surface area contributed by atoms with E-state index in [4.69, 9.17) is 0 Å². The van der Waals surface area contributed by atoms with Crippen LogP contribution in [-0.4, -0.2) is 0 Å². The minimum absolute atomic E-state index is 1.04. The fraction of sp³-hybridized carbons (Fsp3) is 1.00. The number of hydrogen-bond donors (Lipinski definition) is 0. The van der Waals surface area contributed by atoms with Crippen molar-refractivity contribution in [3.05, 3.63) is 0 Å². The van der Waals surface area contributed by atoms with Gasteiger partial charge in [0.2, 0.25) is 0 Å². The monoisotopic (exact) mass is 208 g/mol. The van der Waals surface area contributed by atoms with Crippen LogP contribution in [0.2, 0.25) is 0 Å². The first kappa shape index (κ1) is 6.25. The maximum Gasteiger partial charge on any atom is -0.00648 e. The molecule has 0 radical (unpaired) electrons. The van der Waals surface area contributed by atoms with Gasteiger partial charge in [0, 0.05) is 0 Å². The van der Waals surface area contributed by atoms with Crippen molar-refractivity contribution >= 4 is 0 Å². The zero-order chi connectivity index (χ0) is 9.66. The van der Waals surface area contributed by atoms with Gasteiger partial charge in [0.25, 0.3) is 0 Å². The van der Waals surface area contributed by atoms with E-state index >= 15 is 0 Å². The van der Waals surface area contributed by atoms with E-state index in [1.54, 1.807) is 12.8 Å². The Morgan fingerprint density at radius 1 is 0.812 bits per heavy atom. The highest BCUT2D eigenvalue weighted by Crippen LogP contribution is 3.45. The average Bonchev–Trinajstić information content (AvgIpc) is 2.21. The molecule has 0 aromatic rings. The van der Waals surface area contributed by atoms with E-state index < -0.39 is 0 Å². The Balaban J connectivity index is 1.39. The van der Waals surface area contributed by atoms with E-state index in [1.165, 1.54) is 47.8 Å². The highest BCUT2D eigenvalue weighted by atomic mass is 15.5. The Kier molecular flexibility index (Phi) is 0.394. The van der Waals surface area contributed by atoms with Crippen LogP contribution in [0.4, 0.5) is 0 Å². The fourth-order valence-electron chi connectivity index (χ4n) is 13.3. The first-order chi connectivity index (χ1) is 7.91. The van der Waals surface area contributed by atoms with Crippen molar-refractivity contribution in [1.82, 2.24) is 0 Å². The van der Waals surface area contributed by atoms with Gasteiger partial charge in [-0.15, -0.1) is 0 Å². The molecule has 0 aliphatic heterocycles. The molecule has 0 saturated heterocycles. The normalized spacial score (nSPS) is 110. The second kappa shape index (κ2) is 1.01. The molecule has 0 aromatic heterocycles. The summed E-state index contributed by atoms with van der Waals surface area (Å²) in [7, 11) is 0. The summed E-state index contributed by atoms with van der Waals surface area (Å²) in [6.07, 6.45) is 4.69. The van der Waals surface area contributed by atoms with Gasteiger partial charge in [-0.2, -0.15) is 0 Å². The third-order valence-electron chi connectivity index (χ3n) is 11.3. The Labute approximate surface area is 95.2 Å². The third-order valence-corrected chi connectivity index (χ3v) is 11.3. The lowest BCUT2D eigenvalue weighted by molar-refractivity contribution is -1.00. The first-order valence-electron chi connectivity index (χ1n) is 7.91. The van der Waals surface area contributed by atoms with Crippen LogP contribution < -0.4 is 0 Å². The van der Waals surface area contributed by atoms with Crippen LogP contribution in [0.3, 0.4) is 0 Å². The van der Waals surface area contributed by atoms with Crippen molar-refractivity contribution in [2.24, 2.45) is 68.5 Å². The third kappa shape index (κ3) is 0.144. The second-order valence-corrected chi connectivity index (χ2v) is 9.14. The molecular weight excluding hydrogens is 192 g/mol. The summed E-state index contributed by atoms with van der Waals surface area (Å²) in [5.74, 6) is 9.47. The average molecular weight is 208 g/mol. The van der Waals surface area contributed by atoms with Gasteiger partial charge in [-0.25, -0.2) is 0 Å². The molecule has 11 aliphatic carbocycles. The summed E-state index contributed by atoms with van der Waals surface area (Å²) in [5, 5.41) is 0. The van der Waals surface area contributed by atoms with Crippen LogP contribution in [-0.2, 0) is 0 Å². The van der Waals surface area contributed by atoms with E-state index in [9.17, 15) is 0 Å². The van der Waals surface area contributed by atoms with E-state index in [2.05, 4.69) is 6.92 Å². The Morgan fingerprint density at radius 2 is 1.50 bits per heavy atom. The van der Waals surface area contributed by atoms with Crippen LogP contribution in [0.5, 0.6) is 0 Å². The molecule has 0 heteroatoms. The highest BCUT2D eigenvalue weighted by Gasteiger charge is 3.43. The molecule has 0 bridgehead atoms. The minimum Gasteiger partial charge on any atom is -0.0654 e. The Morgan fingerprint density at radius 3 is 2.19 bits per heavy atom. The van der Waals surface area contributed by atoms with Crippen molar-refractivity contribution in [2.45, 2.75) is 26.2 Å². The lowest BCUT2D eigenvalue weighted by Gasteiger charge is -3.45. The van der Waals surface area contributed by atoms with Gasteiger partial charge >= 0.3 is 0 Å². The van der Waals surface area contributed by atoms with Gasteiger partial charge in [-0.3, -0.25) is 0 Å². The molecule has 0 amide bonds. The highest BCUT2D eigenvalue weighted by molar-refractivity contribution is 5.88. The van der Waals surface area contributed by atoms with Crippen LogP contribution in [0.15, 0.2) is 0 Å². The largest absolute Gasteiger partial charge is 0.0654 e. The smallest absolute Gasteiger partial charge is 0.00648 e. The van der Waals surface area contributed by atoms with Crippen molar-refractivity contribution in [2.75, 3.05) is 0 Å². The molecule has 80 valence electrons. The van der Waals surface area contributed by atoms with Gasteiger partial charge in [0.15, 0.2) is 0 Å². The van der Waals surface area contributed by atoms with Crippen molar-refractivity contribution in [1.29, 1.82) is 0 Å². The van der Waals surface area contributed by atoms with Crippen molar-refractivity contribution in [3.63, 3.8) is 0 Å². The predicted molar refractivity (Wildman–Crippen MR) is 56.1 cm³/mol. The molecule has 11 aliphatic rings. The Hall–Kier alpha value is 0. The summed E-state index contributed by atoms with van der Waals surface area (Å²) in [6, 6.07) is 0. The molecular formula is C16H16. The summed E-state index contributed by atoms with van der Waals surface area (Å²) < 4.78 is 0. The fourth-order valence-corrected chi connectivity index (χ4v) is 13.3. The van der Waals surface area contributed by atoms with E-state index in [-0.39, 0.29) is 0 Å². The maximum absolute atomic E-state index is 2.40. The lowest BCUT2D eigenvalue weighted by atomic mass is 8.58. The van der Waals surface area contributed by atoms with Gasteiger partial charge in [0.05, 0.1) is 0 Å². The quantitative estimate of drug-likeness (QED) is 0.668. The maximum atomic E-state index is 2.40. The van der Waals surface area contributed by atoms with E-state index in [0.717, 1.165) is 27.1 Å². The Bertz CT molecular complexity index is 580. The zero-order valence-corrected chi connectivity index (χ0v) is 9.66. The van der Waals surface area contributed by atoms with Crippen LogP contribution >= 0.6 is 0 Å². The standard InChI is InChI=1S/C16H16/c1-2-3-4-12-10-9-11(12)15-7-5-6-8(7)16(12,15)14(6,10)13(5,9)15/h5-11H,2-4H2,1H3. The number of unbranched alkanes of at least 4 members (excludes halogenated alkanes) is 1. The zero-order valence-electron chi connectivity index (χ0n) is 9.66. The molecule has 0 aromatic carbocycles. The van der Waals surface area contributed by atoms with Crippen molar-refractivity contribution < 1.29 is 0 Å². The van der Waals surface area contributed by atoms with Crippen LogP contribution in [0.1, 0.15) is 26.2 Å². The van der Waals surface area contributed by atoms with Crippen LogP contribution in [0.25, 0.3) is 0 Å². The van der Waals surface area contributed by atoms with Gasteiger partial charge in [0.1, 0.15) is 0 Å². The summed E-state index contributed by atoms with van der Waals surface area (Å²) in [5.41, 5.74) is 5.52. The summed E-state index contributed by atoms with van der Waals surface area (Å²) in [6.45, 7) is 2.40. The second-order valence-electron chi connectivity index (χ2n) is 9.14. The van der Waals surface area contributed by atoms with Gasteiger partial charge in [-0.1, -0.05) is 19.8 Å². The number of rotatable bonds is 3. The molecule has 4 spiro atoms. The SMILES string of the molecule is CCCCC12C3C4C1C15C6C7C8C6C21C83C745. The minimum atomic E-state index is 1.04. The molecule has 0 nitrogen and oxygen atoms in total. The molecule has 16 heavy (non-hydrogen) atoms. The molecule has 11 saturated carbocycles. The number of hydrogen-bond acceptors (Lipinski definition) is 0. The van der Waals surface area contributed by atoms with Crippen molar-refractivity contribution in [3.8, 4) is 0 Å².